The summed E-state index contributed by atoms with van der Waals surface area (Å²) in [4.78, 5) is 11.5. The number of Topliss-reactive ketones (excluding diaryl/α,β-unsaturated/α-hetero) is 1. The van der Waals surface area contributed by atoms with Gasteiger partial charge in [-0.25, -0.2) is 4.39 Å². The number of carbonyl (C=O) groups excluding carboxylic acids is 1. The van der Waals surface area contributed by atoms with Gasteiger partial charge in [0.1, 0.15) is 11.9 Å². The first kappa shape index (κ1) is 11.7. The third-order valence-electron chi connectivity index (χ3n) is 2.17. The molecule has 3 nitrogen and oxygen atoms in total. The van der Waals surface area contributed by atoms with E-state index in [-0.39, 0.29) is 17.9 Å². The van der Waals surface area contributed by atoms with Gasteiger partial charge in [-0.15, -0.1) is 0 Å². The molecule has 1 atom stereocenters. The average Bonchev–Trinajstić information content (AvgIpc) is 2.26. The van der Waals surface area contributed by atoms with E-state index in [1.165, 1.54) is 14.0 Å². The Hall–Kier alpha value is -1.42. The van der Waals surface area contributed by atoms with Crippen molar-refractivity contribution in [1.82, 2.24) is 0 Å². The molecule has 4 heteroatoms. The molecule has 0 aliphatic heterocycles. The molecule has 82 valence electrons. The van der Waals surface area contributed by atoms with E-state index in [1.807, 2.05) is 0 Å². The van der Waals surface area contributed by atoms with Crippen LogP contribution in [0.1, 0.15) is 29.0 Å². The second kappa shape index (κ2) is 4.89. The molecule has 0 spiro atoms. The van der Waals surface area contributed by atoms with E-state index in [2.05, 4.69) is 0 Å². The number of nitrogens with two attached hydrogens (primary N) is 1. The Morgan fingerprint density at radius 1 is 1.60 bits per heavy atom. The third-order valence-corrected chi connectivity index (χ3v) is 2.17. The Morgan fingerprint density at radius 3 is 2.73 bits per heavy atom. The predicted molar refractivity (Wildman–Crippen MR) is 55.9 cm³/mol. The van der Waals surface area contributed by atoms with E-state index in [4.69, 9.17) is 10.5 Å². The molecule has 0 saturated carbocycles. The number of hydrogen-bond acceptors (Lipinski definition) is 3. The number of ether oxygens (including phenoxy) is 1. The summed E-state index contributed by atoms with van der Waals surface area (Å²) in [5.41, 5.74) is 5.82. The summed E-state index contributed by atoms with van der Waals surface area (Å²) in [6, 6.07) is 4.83. The summed E-state index contributed by atoms with van der Waals surface area (Å²) in [6.45, 7) is 1.23. The van der Waals surface area contributed by atoms with Crippen LogP contribution in [0.4, 0.5) is 4.39 Å². The van der Waals surface area contributed by atoms with Crippen molar-refractivity contribution in [3.8, 4) is 5.75 Å². The molecule has 1 aromatic carbocycles. The average molecular weight is 211 g/mol. The van der Waals surface area contributed by atoms with Gasteiger partial charge in [-0.1, -0.05) is 12.1 Å². The van der Waals surface area contributed by atoms with Crippen molar-refractivity contribution in [3.05, 3.63) is 29.3 Å². The minimum Gasteiger partial charge on any atom is -0.496 e. The molecule has 0 aromatic heterocycles. The van der Waals surface area contributed by atoms with Crippen LogP contribution < -0.4 is 10.5 Å². The Labute approximate surface area is 88.0 Å². The minimum atomic E-state index is -1.26. The molecule has 1 unspecified atom stereocenters. The van der Waals surface area contributed by atoms with Crippen molar-refractivity contribution < 1.29 is 13.9 Å². The van der Waals surface area contributed by atoms with Crippen molar-refractivity contribution in [3.63, 3.8) is 0 Å². The molecule has 0 radical (unpaired) electrons. The van der Waals surface area contributed by atoms with Gasteiger partial charge < -0.3 is 10.5 Å². The fraction of sp³-hybridized carbons (Fsp3) is 0.364. The summed E-state index contributed by atoms with van der Waals surface area (Å²) in [5, 5.41) is 0. The monoisotopic (exact) mass is 211 g/mol. The molecule has 0 aliphatic rings. The second-order valence-corrected chi connectivity index (χ2v) is 3.16. The van der Waals surface area contributed by atoms with Gasteiger partial charge in [0.15, 0.2) is 5.78 Å². The maximum atomic E-state index is 13.4. The molecule has 0 saturated heterocycles. The van der Waals surface area contributed by atoms with Crippen molar-refractivity contribution in [2.75, 3.05) is 13.7 Å². The van der Waals surface area contributed by atoms with Crippen molar-refractivity contribution in [2.45, 2.75) is 13.1 Å². The lowest BCUT2D eigenvalue weighted by molar-refractivity contribution is 0.0998. The summed E-state index contributed by atoms with van der Waals surface area (Å²) in [6.07, 6.45) is -1.26. The van der Waals surface area contributed by atoms with Crippen molar-refractivity contribution >= 4 is 5.78 Å². The summed E-state index contributed by atoms with van der Waals surface area (Å²) in [5.74, 6) is 0.0951. The second-order valence-electron chi connectivity index (χ2n) is 3.16. The normalized spacial score (nSPS) is 12.3. The fourth-order valence-electron chi connectivity index (χ4n) is 1.49. The molecule has 15 heavy (non-hydrogen) atoms. The number of methoxy groups -OCH3 is 1. The largest absolute Gasteiger partial charge is 0.496 e. The predicted octanol–water partition coefficient (Wildman–Crippen LogP) is 1.87. The van der Waals surface area contributed by atoms with Gasteiger partial charge in [-0.3, -0.25) is 4.79 Å². The van der Waals surface area contributed by atoms with E-state index >= 15 is 0 Å². The molecule has 0 aliphatic carbocycles. The van der Waals surface area contributed by atoms with Crippen molar-refractivity contribution in [2.24, 2.45) is 5.73 Å². The van der Waals surface area contributed by atoms with E-state index in [0.717, 1.165) is 0 Å². The van der Waals surface area contributed by atoms with Crippen molar-refractivity contribution in [1.29, 1.82) is 0 Å². The van der Waals surface area contributed by atoms with Gasteiger partial charge in [0.05, 0.1) is 13.7 Å². The van der Waals surface area contributed by atoms with Gasteiger partial charge >= 0.3 is 0 Å². The molecule has 0 fully saturated rings. The fourth-order valence-corrected chi connectivity index (χ4v) is 1.49. The quantitative estimate of drug-likeness (QED) is 0.773. The molecule has 1 aromatic rings. The first-order chi connectivity index (χ1) is 7.11. The zero-order valence-electron chi connectivity index (χ0n) is 8.79. The highest BCUT2D eigenvalue weighted by molar-refractivity contribution is 5.99. The summed E-state index contributed by atoms with van der Waals surface area (Å²) < 4.78 is 18.4. The lowest BCUT2D eigenvalue weighted by Gasteiger charge is -2.13. The van der Waals surface area contributed by atoms with E-state index < -0.39 is 6.17 Å². The first-order valence-electron chi connectivity index (χ1n) is 4.66. The van der Waals surface area contributed by atoms with Crippen LogP contribution in [0.15, 0.2) is 18.2 Å². The SMILES string of the molecule is COc1cccc(C(=O)CN)c1C(C)F. The maximum Gasteiger partial charge on any atom is 0.176 e. The highest BCUT2D eigenvalue weighted by Crippen LogP contribution is 2.30. The van der Waals surface area contributed by atoms with Gasteiger partial charge in [0.25, 0.3) is 0 Å². The van der Waals surface area contributed by atoms with Crippen LogP contribution >= 0.6 is 0 Å². The number of halogens is 1. The van der Waals surface area contributed by atoms with E-state index in [9.17, 15) is 9.18 Å². The third kappa shape index (κ3) is 2.33. The van der Waals surface area contributed by atoms with Crippen LogP contribution in [0.2, 0.25) is 0 Å². The van der Waals surface area contributed by atoms with Crippen LogP contribution in [0.25, 0.3) is 0 Å². The lowest BCUT2D eigenvalue weighted by atomic mass is 9.99. The molecule has 1 rings (SSSR count). The Morgan fingerprint density at radius 2 is 2.27 bits per heavy atom. The minimum absolute atomic E-state index is 0.132. The Balaban J connectivity index is 3.31. The maximum absolute atomic E-state index is 13.4. The van der Waals surface area contributed by atoms with Gasteiger partial charge in [0.2, 0.25) is 0 Å². The standard InChI is InChI=1S/C11H14FNO2/c1-7(12)11-8(9(14)6-13)4-3-5-10(11)15-2/h3-5,7H,6,13H2,1-2H3. The zero-order valence-corrected chi connectivity index (χ0v) is 8.79. The van der Waals surface area contributed by atoms with Crippen LogP contribution in [-0.4, -0.2) is 19.4 Å². The van der Waals surface area contributed by atoms with E-state index in [1.54, 1.807) is 18.2 Å². The summed E-state index contributed by atoms with van der Waals surface area (Å²) in [7, 11) is 1.44. The van der Waals surface area contributed by atoms with Gasteiger partial charge in [-0.05, 0) is 13.0 Å². The lowest BCUT2D eigenvalue weighted by Crippen LogP contribution is -2.16. The zero-order chi connectivity index (χ0) is 11.4. The molecular formula is C11H14FNO2. The van der Waals surface area contributed by atoms with Crippen LogP contribution in [0.5, 0.6) is 5.75 Å². The van der Waals surface area contributed by atoms with Crippen LogP contribution in [0, 0.1) is 0 Å². The Kier molecular flexibility index (Phi) is 3.80. The molecule has 2 N–H and O–H groups in total. The topological polar surface area (TPSA) is 52.3 Å². The number of hydrogen-bond donors (Lipinski definition) is 1. The van der Waals surface area contributed by atoms with E-state index in [0.29, 0.717) is 11.3 Å². The molecular weight excluding hydrogens is 197 g/mol. The first-order valence-corrected chi connectivity index (χ1v) is 4.66. The number of carbonyl (C=O) groups is 1. The molecule has 0 bridgehead atoms. The Bertz CT molecular complexity index is 364. The van der Waals surface area contributed by atoms with Crippen LogP contribution in [-0.2, 0) is 0 Å². The number of rotatable bonds is 4. The van der Waals surface area contributed by atoms with Gasteiger partial charge in [0, 0.05) is 11.1 Å². The smallest absolute Gasteiger partial charge is 0.176 e. The number of alkyl halides is 1. The molecule has 0 heterocycles. The number of ketones is 1. The highest BCUT2D eigenvalue weighted by Gasteiger charge is 2.18. The highest BCUT2D eigenvalue weighted by atomic mass is 19.1. The molecule has 0 amide bonds. The number of benzene rings is 1. The summed E-state index contributed by atoms with van der Waals surface area (Å²) >= 11 is 0. The van der Waals surface area contributed by atoms with Gasteiger partial charge in [-0.2, -0.15) is 0 Å². The van der Waals surface area contributed by atoms with Crippen LogP contribution in [0.3, 0.4) is 0 Å².